The van der Waals surface area contributed by atoms with Crippen LogP contribution >= 0.6 is 24.0 Å². The first-order valence-corrected chi connectivity index (χ1v) is 7.60. The summed E-state index contributed by atoms with van der Waals surface area (Å²) in [5.74, 6) is 0.975. The third kappa shape index (κ3) is 10.8. The minimum atomic E-state index is -0.341. The van der Waals surface area contributed by atoms with E-state index in [4.69, 9.17) is 0 Å². The SMILES string of the molecule is CCCCN(C)C(=NCCNC(=O)C(C)(C)C)NCC.I. The molecule has 0 aliphatic rings. The van der Waals surface area contributed by atoms with Gasteiger partial charge in [0.1, 0.15) is 0 Å². The Hall–Kier alpha value is -0.530. The van der Waals surface area contributed by atoms with Gasteiger partial charge in [0.15, 0.2) is 5.96 Å². The highest BCUT2D eigenvalue weighted by molar-refractivity contribution is 14.0. The summed E-state index contributed by atoms with van der Waals surface area (Å²) in [5, 5.41) is 6.18. The van der Waals surface area contributed by atoms with Crippen molar-refractivity contribution in [2.45, 2.75) is 47.5 Å². The summed E-state index contributed by atoms with van der Waals surface area (Å²) < 4.78 is 0. The fraction of sp³-hybridized carbons (Fsp3) is 0.867. The van der Waals surface area contributed by atoms with Gasteiger partial charge in [-0.3, -0.25) is 9.79 Å². The third-order valence-corrected chi connectivity index (χ3v) is 2.88. The monoisotopic (exact) mass is 412 g/mol. The van der Waals surface area contributed by atoms with E-state index in [-0.39, 0.29) is 35.3 Å². The number of nitrogens with one attached hydrogen (secondary N) is 2. The molecule has 0 atom stereocenters. The highest BCUT2D eigenvalue weighted by Gasteiger charge is 2.20. The lowest BCUT2D eigenvalue weighted by Gasteiger charge is -2.22. The largest absolute Gasteiger partial charge is 0.357 e. The van der Waals surface area contributed by atoms with E-state index in [1.165, 1.54) is 6.42 Å². The molecule has 0 saturated carbocycles. The molecular formula is C15H33IN4O. The van der Waals surface area contributed by atoms with E-state index in [1.807, 2.05) is 27.8 Å². The molecule has 0 spiro atoms. The molecule has 0 aromatic rings. The topological polar surface area (TPSA) is 56.7 Å². The number of carbonyl (C=O) groups excluding carboxylic acids is 1. The van der Waals surface area contributed by atoms with Crippen LogP contribution < -0.4 is 10.6 Å². The molecule has 0 aliphatic carbocycles. The number of carbonyl (C=O) groups is 1. The van der Waals surface area contributed by atoms with Crippen molar-refractivity contribution in [1.29, 1.82) is 0 Å². The highest BCUT2D eigenvalue weighted by Crippen LogP contribution is 2.11. The van der Waals surface area contributed by atoms with Gasteiger partial charge in [-0.1, -0.05) is 34.1 Å². The molecule has 0 heterocycles. The molecule has 2 N–H and O–H groups in total. The lowest BCUT2D eigenvalue weighted by molar-refractivity contribution is -0.128. The number of nitrogens with zero attached hydrogens (tertiary/aromatic N) is 2. The first-order chi connectivity index (χ1) is 9.32. The molecule has 1 amide bonds. The van der Waals surface area contributed by atoms with Gasteiger partial charge in [0, 0.05) is 32.1 Å². The molecule has 5 nitrogen and oxygen atoms in total. The van der Waals surface area contributed by atoms with Crippen molar-refractivity contribution in [3.63, 3.8) is 0 Å². The Kier molecular flexibility index (Phi) is 13.1. The van der Waals surface area contributed by atoms with E-state index in [0.717, 1.165) is 25.5 Å². The highest BCUT2D eigenvalue weighted by atomic mass is 127. The van der Waals surface area contributed by atoms with Crippen molar-refractivity contribution in [3.05, 3.63) is 0 Å². The summed E-state index contributed by atoms with van der Waals surface area (Å²) in [5.41, 5.74) is -0.341. The normalized spacial score (nSPS) is 11.6. The van der Waals surface area contributed by atoms with Gasteiger partial charge < -0.3 is 15.5 Å². The van der Waals surface area contributed by atoms with Gasteiger partial charge in [0.25, 0.3) is 0 Å². The average Bonchev–Trinajstić information content (AvgIpc) is 2.38. The zero-order chi connectivity index (χ0) is 15.6. The number of rotatable bonds is 7. The third-order valence-electron chi connectivity index (χ3n) is 2.88. The minimum Gasteiger partial charge on any atom is -0.357 e. The van der Waals surface area contributed by atoms with Gasteiger partial charge in [-0.05, 0) is 13.3 Å². The Morgan fingerprint density at radius 1 is 1.19 bits per heavy atom. The molecule has 0 saturated heterocycles. The average molecular weight is 412 g/mol. The fourth-order valence-electron chi connectivity index (χ4n) is 1.57. The first-order valence-electron chi connectivity index (χ1n) is 7.60. The van der Waals surface area contributed by atoms with Crippen molar-refractivity contribution in [2.24, 2.45) is 10.4 Å². The Labute approximate surface area is 147 Å². The second-order valence-corrected chi connectivity index (χ2v) is 6.02. The molecule has 0 aromatic carbocycles. The van der Waals surface area contributed by atoms with Crippen LogP contribution in [0.25, 0.3) is 0 Å². The quantitative estimate of drug-likeness (QED) is 0.292. The summed E-state index contributed by atoms with van der Waals surface area (Å²) in [4.78, 5) is 18.4. The van der Waals surface area contributed by atoms with Gasteiger partial charge in [0.2, 0.25) is 5.91 Å². The van der Waals surface area contributed by atoms with Gasteiger partial charge in [-0.25, -0.2) is 0 Å². The predicted molar refractivity (Wildman–Crippen MR) is 101 cm³/mol. The second kappa shape index (κ2) is 12.1. The van der Waals surface area contributed by atoms with E-state index < -0.39 is 0 Å². The summed E-state index contributed by atoms with van der Waals surface area (Å²) in [6.07, 6.45) is 2.33. The summed E-state index contributed by atoms with van der Waals surface area (Å²) in [6.45, 7) is 13.0. The summed E-state index contributed by atoms with van der Waals surface area (Å²) in [6, 6.07) is 0. The number of hydrogen-bond donors (Lipinski definition) is 2. The van der Waals surface area contributed by atoms with Crippen LogP contribution in [0.2, 0.25) is 0 Å². The molecule has 0 bridgehead atoms. The van der Waals surface area contributed by atoms with Crippen molar-refractivity contribution in [1.82, 2.24) is 15.5 Å². The molecule has 0 aliphatic heterocycles. The minimum absolute atomic E-state index is 0. The van der Waals surface area contributed by atoms with Gasteiger partial charge in [-0.2, -0.15) is 0 Å². The maximum absolute atomic E-state index is 11.7. The maximum Gasteiger partial charge on any atom is 0.225 e. The Bertz CT molecular complexity index is 313. The molecule has 6 heteroatoms. The van der Waals surface area contributed by atoms with E-state index in [2.05, 4.69) is 34.4 Å². The molecule has 0 aromatic heterocycles. The smallest absolute Gasteiger partial charge is 0.225 e. The molecule has 126 valence electrons. The summed E-state index contributed by atoms with van der Waals surface area (Å²) >= 11 is 0. The zero-order valence-corrected chi connectivity index (χ0v) is 16.8. The van der Waals surface area contributed by atoms with Crippen molar-refractivity contribution >= 4 is 35.8 Å². The van der Waals surface area contributed by atoms with E-state index in [1.54, 1.807) is 0 Å². The number of guanidine groups is 1. The van der Waals surface area contributed by atoms with Crippen LogP contribution in [0.3, 0.4) is 0 Å². The van der Waals surface area contributed by atoms with Crippen LogP contribution in [0.15, 0.2) is 4.99 Å². The van der Waals surface area contributed by atoms with Crippen molar-refractivity contribution in [3.8, 4) is 0 Å². The second-order valence-electron chi connectivity index (χ2n) is 6.02. The number of hydrogen-bond acceptors (Lipinski definition) is 2. The van der Waals surface area contributed by atoms with Crippen LogP contribution in [-0.4, -0.2) is 50.0 Å². The molecule has 0 fully saturated rings. The predicted octanol–water partition coefficient (Wildman–Crippen LogP) is 2.46. The zero-order valence-electron chi connectivity index (χ0n) is 14.5. The standard InChI is InChI=1S/C15H32N4O.HI/c1-7-9-12-19(6)14(16-8-2)18-11-10-17-13(20)15(3,4)5;/h7-12H2,1-6H3,(H,16,18)(H,17,20);1H. The molecule has 0 radical (unpaired) electrons. The number of aliphatic imine (C=N–C) groups is 1. The van der Waals surface area contributed by atoms with E-state index in [9.17, 15) is 4.79 Å². The number of unbranched alkanes of at least 4 members (excludes halogenated alkanes) is 1. The molecular weight excluding hydrogens is 379 g/mol. The van der Waals surface area contributed by atoms with Crippen LogP contribution in [-0.2, 0) is 4.79 Å². The van der Waals surface area contributed by atoms with Crippen LogP contribution in [0, 0.1) is 5.41 Å². The molecule has 0 rings (SSSR count). The van der Waals surface area contributed by atoms with Crippen molar-refractivity contribution < 1.29 is 4.79 Å². The van der Waals surface area contributed by atoms with Crippen LogP contribution in [0.4, 0.5) is 0 Å². The Balaban J connectivity index is 0. The fourth-order valence-corrected chi connectivity index (χ4v) is 1.57. The van der Waals surface area contributed by atoms with Gasteiger partial charge in [-0.15, -0.1) is 24.0 Å². The van der Waals surface area contributed by atoms with Gasteiger partial charge in [0.05, 0.1) is 6.54 Å². The molecule has 0 unspecified atom stereocenters. The van der Waals surface area contributed by atoms with E-state index in [0.29, 0.717) is 13.1 Å². The molecule has 21 heavy (non-hydrogen) atoms. The Morgan fingerprint density at radius 3 is 2.29 bits per heavy atom. The summed E-state index contributed by atoms with van der Waals surface area (Å²) in [7, 11) is 2.05. The Morgan fingerprint density at radius 2 is 1.81 bits per heavy atom. The van der Waals surface area contributed by atoms with E-state index >= 15 is 0 Å². The van der Waals surface area contributed by atoms with Crippen LogP contribution in [0.5, 0.6) is 0 Å². The van der Waals surface area contributed by atoms with Crippen LogP contribution in [0.1, 0.15) is 47.5 Å². The van der Waals surface area contributed by atoms with Crippen molar-refractivity contribution in [2.75, 3.05) is 33.2 Å². The number of halogens is 1. The first kappa shape index (κ1) is 22.7. The number of amides is 1. The lowest BCUT2D eigenvalue weighted by Crippen LogP contribution is -2.40. The van der Waals surface area contributed by atoms with Gasteiger partial charge >= 0.3 is 0 Å². The lowest BCUT2D eigenvalue weighted by atomic mass is 9.96. The maximum atomic E-state index is 11.7.